The van der Waals surface area contributed by atoms with Gasteiger partial charge in [0.15, 0.2) is 0 Å². The molecule has 1 aromatic heterocycles. The highest BCUT2D eigenvalue weighted by atomic mass is 16.5. The zero-order valence-corrected chi connectivity index (χ0v) is 24.4. The monoisotopic (exact) mass is 541 g/mol. The third kappa shape index (κ3) is 6.76. The Bertz CT molecular complexity index is 1320. The topological polar surface area (TPSA) is 60.9 Å². The summed E-state index contributed by atoms with van der Waals surface area (Å²) in [5.74, 6) is 1.06. The Morgan fingerprint density at radius 1 is 1.00 bits per heavy atom. The van der Waals surface area contributed by atoms with Crippen LogP contribution < -0.4 is 19.9 Å². The van der Waals surface area contributed by atoms with Crippen molar-refractivity contribution in [2.24, 2.45) is 5.41 Å². The number of amides is 1. The van der Waals surface area contributed by atoms with Crippen molar-refractivity contribution < 1.29 is 9.53 Å². The number of nitrogens with zero attached hydrogens (tertiary/aromatic N) is 4. The Hall–Kier alpha value is -3.58. The van der Waals surface area contributed by atoms with E-state index in [1.54, 1.807) is 0 Å². The van der Waals surface area contributed by atoms with Crippen LogP contribution in [0.2, 0.25) is 0 Å². The molecule has 0 spiro atoms. The quantitative estimate of drug-likeness (QED) is 0.373. The summed E-state index contributed by atoms with van der Waals surface area (Å²) in [6.45, 7) is 10.5. The lowest BCUT2D eigenvalue weighted by Crippen LogP contribution is -2.38. The molecule has 0 bridgehead atoms. The van der Waals surface area contributed by atoms with Crippen LogP contribution >= 0.6 is 0 Å². The third-order valence-electron chi connectivity index (χ3n) is 7.90. The van der Waals surface area contributed by atoms with Crippen LogP contribution in [0.3, 0.4) is 0 Å². The van der Waals surface area contributed by atoms with Crippen molar-refractivity contribution in [3.63, 3.8) is 0 Å². The fourth-order valence-electron chi connectivity index (χ4n) is 6.06. The number of hydrogen-bond acceptors (Lipinski definition) is 6. The highest BCUT2D eigenvalue weighted by Gasteiger charge is 2.29. The van der Waals surface area contributed by atoms with Crippen molar-refractivity contribution in [2.75, 3.05) is 63.2 Å². The van der Waals surface area contributed by atoms with Gasteiger partial charge in [-0.25, -0.2) is 0 Å². The summed E-state index contributed by atoms with van der Waals surface area (Å²) in [5.41, 5.74) is 6.94. The molecule has 3 heterocycles. The largest absolute Gasteiger partial charge is 0.493 e. The maximum absolute atomic E-state index is 12.8. The number of benzene rings is 2. The van der Waals surface area contributed by atoms with Crippen molar-refractivity contribution in [1.29, 1.82) is 0 Å². The van der Waals surface area contributed by atoms with Gasteiger partial charge < -0.3 is 24.8 Å². The fraction of sp³-hybridized carbons (Fsp3) is 0.455. The number of fused-ring (bicyclic) bond motifs is 2. The Kier molecular flexibility index (Phi) is 8.60. The number of pyridine rings is 1. The van der Waals surface area contributed by atoms with E-state index in [2.05, 4.69) is 84.4 Å². The molecule has 0 unspecified atom stereocenters. The maximum Gasteiger partial charge on any atom is 0.254 e. The number of ether oxygens (including phenoxy) is 1. The molecular weight excluding hydrogens is 498 g/mol. The van der Waals surface area contributed by atoms with Gasteiger partial charge in [0.25, 0.3) is 5.91 Å². The first kappa shape index (κ1) is 28.0. The van der Waals surface area contributed by atoms with E-state index in [-0.39, 0.29) is 11.3 Å². The van der Waals surface area contributed by atoms with Crippen LogP contribution in [0.5, 0.6) is 5.75 Å². The number of carbonyl (C=O) groups excluding carboxylic acids is 1. The van der Waals surface area contributed by atoms with E-state index in [1.807, 2.05) is 29.3 Å². The molecule has 0 atom stereocenters. The molecule has 7 nitrogen and oxygen atoms in total. The van der Waals surface area contributed by atoms with E-state index in [1.165, 1.54) is 16.9 Å². The number of rotatable bonds is 10. The third-order valence-corrected chi connectivity index (χ3v) is 7.90. The first-order chi connectivity index (χ1) is 19.3. The van der Waals surface area contributed by atoms with Crippen molar-refractivity contribution in [1.82, 2.24) is 15.2 Å². The molecule has 0 fully saturated rings. The van der Waals surface area contributed by atoms with Gasteiger partial charge in [0.1, 0.15) is 5.75 Å². The number of nitrogens with one attached hydrogen (secondary N) is 1. The van der Waals surface area contributed by atoms with Gasteiger partial charge in [-0.2, -0.15) is 0 Å². The minimum absolute atomic E-state index is 0.135. The van der Waals surface area contributed by atoms with E-state index in [9.17, 15) is 4.79 Å². The molecule has 0 saturated heterocycles. The molecule has 0 radical (unpaired) electrons. The lowest BCUT2D eigenvalue weighted by molar-refractivity contribution is 0.0741. The van der Waals surface area contributed by atoms with Crippen LogP contribution in [-0.4, -0.2) is 69.2 Å². The Morgan fingerprint density at radius 3 is 2.65 bits per heavy atom. The lowest BCUT2D eigenvalue weighted by atomic mass is 9.93. The SMILES string of the molecule is CN1CC(C)(C)CN(C)c2cc(OCCCNCc3ccnc(CCN4CCc5ccccc5C4=O)c3)ccc21. The number of anilines is 2. The number of aromatic nitrogens is 1. The summed E-state index contributed by atoms with van der Waals surface area (Å²) >= 11 is 0. The van der Waals surface area contributed by atoms with E-state index >= 15 is 0 Å². The highest BCUT2D eigenvalue weighted by molar-refractivity contribution is 5.96. The Morgan fingerprint density at radius 2 is 1.80 bits per heavy atom. The van der Waals surface area contributed by atoms with Gasteiger partial charge in [0.2, 0.25) is 0 Å². The summed E-state index contributed by atoms with van der Waals surface area (Å²) in [6, 6.07) is 18.6. The molecule has 2 aliphatic rings. The summed E-state index contributed by atoms with van der Waals surface area (Å²) in [5, 5.41) is 3.53. The second-order valence-corrected chi connectivity index (χ2v) is 12.0. The summed E-state index contributed by atoms with van der Waals surface area (Å²) in [6.07, 6.45) is 4.48. The second kappa shape index (κ2) is 12.3. The summed E-state index contributed by atoms with van der Waals surface area (Å²) in [4.78, 5) is 24.0. The minimum Gasteiger partial charge on any atom is -0.493 e. The van der Waals surface area contributed by atoms with Crippen molar-refractivity contribution in [3.8, 4) is 5.75 Å². The molecule has 1 amide bonds. The molecule has 1 N–H and O–H groups in total. The van der Waals surface area contributed by atoms with Crippen LogP contribution in [0.25, 0.3) is 0 Å². The first-order valence-electron chi connectivity index (χ1n) is 14.5. The van der Waals surface area contributed by atoms with Crippen LogP contribution in [0.4, 0.5) is 11.4 Å². The Balaban J connectivity index is 1.04. The van der Waals surface area contributed by atoms with Gasteiger partial charge in [0.05, 0.1) is 18.0 Å². The second-order valence-electron chi connectivity index (χ2n) is 12.0. The predicted octanol–water partition coefficient (Wildman–Crippen LogP) is 4.79. The predicted molar refractivity (Wildman–Crippen MR) is 163 cm³/mol. The molecule has 0 aliphatic carbocycles. The van der Waals surface area contributed by atoms with Gasteiger partial charge in [-0.3, -0.25) is 9.78 Å². The molecule has 5 rings (SSSR count). The van der Waals surface area contributed by atoms with Crippen LogP contribution in [0.15, 0.2) is 60.8 Å². The average molecular weight is 542 g/mol. The van der Waals surface area contributed by atoms with E-state index in [0.717, 1.165) is 74.6 Å². The molecule has 0 saturated carbocycles. The zero-order valence-electron chi connectivity index (χ0n) is 24.4. The van der Waals surface area contributed by atoms with E-state index in [0.29, 0.717) is 13.2 Å². The molecule has 7 heteroatoms. The van der Waals surface area contributed by atoms with Gasteiger partial charge in [0, 0.05) is 76.8 Å². The van der Waals surface area contributed by atoms with Crippen LogP contribution in [-0.2, 0) is 19.4 Å². The minimum atomic E-state index is 0.135. The molecule has 3 aromatic rings. The van der Waals surface area contributed by atoms with Gasteiger partial charge >= 0.3 is 0 Å². The van der Waals surface area contributed by atoms with Gasteiger partial charge in [-0.1, -0.05) is 32.0 Å². The van der Waals surface area contributed by atoms with Crippen LogP contribution in [0, 0.1) is 5.41 Å². The molecular formula is C33H43N5O2. The van der Waals surface area contributed by atoms with Crippen molar-refractivity contribution >= 4 is 17.3 Å². The fourth-order valence-corrected chi connectivity index (χ4v) is 6.06. The maximum atomic E-state index is 12.8. The molecule has 2 aromatic carbocycles. The first-order valence-corrected chi connectivity index (χ1v) is 14.5. The standard InChI is InChI=1S/C33H43N5O2/c1-33(2)23-36(3)30-11-10-28(21-31(30)37(4)24-33)40-19-7-15-34-22-25-12-16-35-27(20-25)14-18-38-17-13-26-8-5-6-9-29(26)32(38)39/h5-6,8-12,16,20-21,34H,7,13-15,17-19,22-24H2,1-4H3. The van der Waals surface area contributed by atoms with Gasteiger partial charge in [-0.05, 0) is 66.3 Å². The van der Waals surface area contributed by atoms with Gasteiger partial charge in [-0.15, -0.1) is 0 Å². The van der Waals surface area contributed by atoms with Crippen LogP contribution in [0.1, 0.15) is 47.4 Å². The number of hydrogen-bond donors (Lipinski definition) is 1. The summed E-state index contributed by atoms with van der Waals surface area (Å²) < 4.78 is 6.11. The normalized spacial score (nSPS) is 16.4. The van der Waals surface area contributed by atoms with Crippen molar-refractivity contribution in [2.45, 2.75) is 39.7 Å². The molecule has 212 valence electrons. The van der Waals surface area contributed by atoms with E-state index in [4.69, 9.17) is 4.74 Å². The summed E-state index contributed by atoms with van der Waals surface area (Å²) in [7, 11) is 4.34. The molecule has 40 heavy (non-hydrogen) atoms. The Labute approximate surface area is 239 Å². The zero-order chi connectivity index (χ0) is 28.1. The van der Waals surface area contributed by atoms with E-state index < -0.39 is 0 Å². The highest BCUT2D eigenvalue weighted by Crippen LogP contribution is 2.38. The lowest BCUT2D eigenvalue weighted by Gasteiger charge is -2.29. The van der Waals surface area contributed by atoms with Crippen molar-refractivity contribution in [3.05, 3.63) is 83.2 Å². The smallest absolute Gasteiger partial charge is 0.254 e. The average Bonchev–Trinajstić information content (AvgIpc) is 3.02. The number of carbonyl (C=O) groups is 1. The molecule has 2 aliphatic heterocycles.